The zero-order chi connectivity index (χ0) is 19.3. The third-order valence-electron chi connectivity index (χ3n) is 3.81. The zero-order valence-corrected chi connectivity index (χ0v) is 15.6. The topological polar surface area (TPSA) is 49.4 Å². The standard InChI is InChI=1S/C19H20F2N2O2S/c1-12-5-4-6-13(2)19(12)22-17(24)10-23(3)18(25)11-26-14-7-8-15(20)16(21)9-14/h4-9H,10-11H2,1-3H3,(H,22,24). The minimum atomic E-state index is -0.955. The van der Waals surface area contributed by atoms with Crippen molar-refractivity contribution in [2.45, 2.75) is 18.7 Å². The van der Waals surface area contributed by atoms with Crippen molar-refractivity contribution in [2.24, 2.45) is 0 Å². The fourth-order valence-electron chi connectivity index (χ4n) is 2.32. The number of rotatable bonds is 6. The number of benzene rings is 2. The van der Waals surface area contributed by atoms with Gasteiger partial charge in [0.05, 0.1) is 12.3 Å². The van der Waals surface area contributed by atoms with E-state index in [1.807, 2.05) is 32.0 Å². The van der Waals surface area contributed by atoms with Gasteiger partial charge in [-0.05, 0) is 43.2 Å². The van der Waals surface area contributed by atoms with Crippen molar-refractivity contribution >= 4 is 29.3 Å². The average molecular weight is 378 g/mol. The summed E-state index contributed by atoms with van der Waals surface area (Å²) in [5, 5.41) is 2.82. The van der Waals surface area contributed by atoms with Crippen LogP contribution in [0.5, 0.6) is 0 Å². The molecule has 0 fully saturated rings. The minimum absolute atomic E-state index is 0.0260. The summed E-state index contributed by atoms with van der Waals surface area (Å²) in [5.74, 6) is -2.43. The van der Waals surface area contributed by atoms with Crippen LogP contribution in [-0.2, 0) is 9.59 Å². The van der Waals surface area contributed by atoms with E-state index in [0.29, 0.717) is 4.90 Å². The van der Waals surface area contributed by atoms with Crippen LogP contribution in [0.4, 0.5) is 14.5 Å². The molecule has 2 aromatic rings. The van der Waals surface area contributed by atoms with Crippen LogP contribution in [0.1, 0.15) is 11.1 Å². The molecule has 2 amide bonds. The number of hydrogen-bond donors (Lipinski definition) is 1. The summed E-state index contributed by atoms with van der Waals surface area (Å²) in [5.41, 5.74) is 2.64. The molecule has 2 aromatic carbocycles. The SMILES string of the molecule is Cc1cccc(C)c1NC(=O)CN(C)C(=O)CSc1ccc(F)c(F)c1. The number of amides is 2. The molecule has 0 aromatic heterocycles. The molecule has 138 valence electrons. The first-order valence-corrected chi connectivity index (χ1v) is 8.94. The molecule has 0 aliphatic rings. The van der Waals surface area contributed by atoms with E-state index in [1.54, 1.807) is 0 Å². The second-order valence-electron chi connectivity index (χ2n) is 5.93. The minimum Gasteiger partial charge on any atom is -0.336 e. The number of nitrogens with zero attached hydrogens (tertiary/aromatic N) is 1. The van der Waals surface area contributed by atoms with Gasteiger partial charge in [0.1, 0.15) is 0 Å². The van der Waals surface area contributed by atoms with Gasteiger partial charge in [0.2, 0.25) is 11.8 Å². The van der Waals surface area contributed by atoms with E-state index in [9.17, 15) is 18.4 Å². The maximum atomic E-state index is 13.2. The van der Waals surface area contributed by atoms with E-state index < -0.39 is 11.6 Å². The summed E-state index contributed by atoms with van der Waals surface area (Å²) in [4.78, 5) is 26.1. The van der Waals surface area contributed by atoms with Crippen LogP contribution in [0.25, 0.3) is 0 Å². The highest BCUT2D eigenvalue weighted by Gasteiger charge is 2.15. The van der Waals surface area contributed by atoms with Crippen LogP contribution in [-0.4, -0.2) is 36.1 Å². The summed E-state index contributed by atoms with van der Waals surface area (Å²) in [6, 6.07) is 9.17. The highest BCUT2D eigenvalue weighted by atomic mass is 32.2. The summed E-state index contributed by atoms with van der Waals surface area (Å²) in [6.07, 6.45) is 0. The Labute approximate surface area is 155 Å². The Kier molecular flexibility index (Phi) is 6.74. The van der Waals surface area contributed by atoms with Crippen molar-refractivity contribution in [3.05, 3.63) is 59.2 Å². The summed E-state index contributed by atoms with van der Waals surface area (Å²) in [6.45, 7) is 3.71. The monoisotopic (exact) mass is 378 g/mol. The highest BCUT2D eigenvalue weighted by Crippen LogP contribution is 2.21. The maximum Gasteiger partial charge on any atom is 0.243 e. The van der Waals surface area contributed by atoms with Gasteiger partial charge in [0.25, 0.3) is 0 Å². The molecule has 26 heavy (non-hydrogen) atoms. The highest BCUT2D eigenvalue weighted by molar-refractivity contribution is 8.00. The van der Waals surface area contributed by atoms with Crippen molar-refractivity contribution in [2.75, 3.05) is 24.7 Å². The van der Waals surface area contributed by atoms with Gasteiger partial charge in [0.15, 0.2) is 11.6 Å². The molecular weight excluding hydrogens is 358 g/mol. The number of halogens is 2. The van der Waals surface area contributed by atoms with E-state index >= 15 is 0 Å². The predicted molar refractivity (Wildman–Crippen MR) is 99.3 cm³/mol. The first kappa shape index (κ1) is 19.9. The number of hydrogen-bond acceptors (Lipinski definition) is 3. The lowest BCUT2D eigenvalue weighted by atomic mass is 10.1. The molecule has 7 heteroatoms. The summed E-state index contributed by atoms with van der Waals surface area (Å²) >= 11 is 1.09. The van der Waals surface area contributed by atoms with Gasteiger partial charge in [-0.2, -0.15) is 0 Å². The Bertz CT molecular complexity index is 807. The largest absolute Gasteiger partial charge is 0.336 e. The van der Waals surface area contributed by atoms with Crippen molar-refractivity contribution in [3.63, 3.8) is 0 Å². The van der Waals surface area contributed by atoms with Crippen LogP contribution in [0.3, 0.4) is 0 Å². The fraction of sp³-hybridized carbons (Fsp3) is 0.263. The van der Waals surface area contributed by atoms with Gasteiger partial charge in [-0.25, -0.2) is 8.78 Å². The van der Waals surface area contributed by atoms with Crippen LogP contribution in [0, 0.1) is 25.5 Å². The first-order valence-electron chi connectivity index (χ1n) is 7.96. The van der Waals surface area contributed by atoms with Gasteiger partial charge >= 0.3 is 0 Å². The molecule has 0 atom stereocenters. The van der Waals surface area contributed by atoms with Crippen LogP contribution >= 0.6 is 11.8 Å². The van der Waals surface area contributed by atoms with Gasteiger partial charge in [-0.3, -0.25) is 9.59 Å². The van der Waals surface area contributed by atoms with E-state index in [0.717, 1.165) is 40.7 Å². The molecule has 0 heterocycles. The third-order valence-corrected chi connectivity index (χ3v) is 4.78. The van der Waals surface area contributed by atoms with Crippen molar-refractivity contribution in [3.8, 4) is 0 Å². The van der Waals surface area contributed by atoms with Gasteiger partial charge in [0, 0.05) is 17.6 Å². The lowest BCUT2D eigenvalue weighted by Crippen LogP contribution is -2.36. The van der Waals surface area contributed by atoms with Crippen molar-refractivity contribution in [1.82, 2.24) is 4.90 Å². The number of carbonyl (C=O) groups excluding carboxylic acids is 2. The first-order chi connectivity index (χ1) is 12.3. The molecule has 0 unspecified atom stereocenters. The van der Waals surface area contributed by atoms with Crippen molar-refractivity contribution in [1.29, 1.82) is 0 Å². The number of nitrogens with one attached hydrogen (secondary N) is 1. The normalized spacial score (nSPS) is 10.5. The number of likely N-dealkylation sites (N-methyl/N-ethyl adjacent to an activating group) is 1. The Morgan fingerprint density at radius 2 is 1.73 bits per heavy atom. The molecular formula is C19H20F2N2O2S. The average Bonchev–Trinajstić information content (AvgIpc) is 2.59. The number of aryl methyl sites for hydroxylation is 2. The Hall–Kier alpha value is -2.41. The summed E-state index contributed by atoms with van der Waals surface area (Å²) < 4.78 is 26.1. The molecule has 4 nitrogen and oxygen atoms in total. The van der Waals surface area contributed by atoms with E-state index in [4.69, 9.17) is 0 Å². The third kappa shape index (κ3) is 5.29. The van der Waals surface area contributed by atoms with Crippen LogP contribution < -0.4 is 5.32 Å². The smallest absolute Gasteiger partial charge is 0.243 e. The molecule has 2 rings (SSSR count). The van der Waals surface area contributed by atoms with Gasteiger partial charge < -0.3 is 10.2 Å². The van der Waals surface area contributed by atoms with Gasteiger partial charge in [-0.15, -0.1) is 11.8 Å². The molecule has 0 bridgehead atoms. The summed E-state index contributed by atoms with van der Waals surface area (Å²) in [7, 11) is 1.53. The molecule has 0 aliphatic carbocycles. The van der Waals surface area contributed by atoms with E-state index in [1.165, 1.54) is 18.0 Å². The quantitative estimate of drug-likeness (QED) is 0.779. The Balaban J connectivity index is 1.88. The maximum absolute atomic E-state index is 13.2. The molecule has 0 radical (unpaired) electrons. The van der Waals surface area contributed by atoms with E-state index in [-0.39, 0.29) is 24.1 Å². The molecule has 0 spiro atoms. The number of thioether (sulfide) groups is 1. The second-order valence-corrected chi connectivity index (χ2v) is 6.98. The molecule has 1 N–H and O–H groups in total. The number of para-hydroxylation sites is 1. The van der Waals surface area contributed by atoms with Crippen LogP contribution in [0.2, 0.25) is 0 Å². The second kappa shape index (κ2) is 8.80. The molecule has 0 saturated heterocycles. The van der Waals surface area contributed by atoms with Gasteiger partial charge in [-0.1, -0.05) is 18.2 Å². The zero-order valence-electron chi connectivity index (χ0n) is 14.8. The number of anilines is 1. The molecule has 0 saturated carbocycles. The lowest BCUT2D eigenvalue weighted by Gasteiger charge is -2.18. The Morgan fingerprint density at radius 1 is 1.08 bits per heavy atom. The predicted octanol–water partition coefficient (Wildman–Crippen LogP) is 3.77. The van der Waals surface area contributed by atoms with Crippen molar-refractivity contribution < 1.29 is 18.4 Å². The van der Waals surface area contributed by atoms with Crippen LogP contribution in [0.15, 0.2) is 41.3 Å². The fourth-order valence-corrected chi connectivity index (χ4v) is 3.18. The number of carbonyl (C=O) groups is 2. The van der Waals surface area contributed by atoms with E-state index in [2.05, 4.69) is 5.32 Å². The molecule has 0 aliphatic heterocycles. The lowest BCUT2D eigenvalue weighted by molar-refractivity contribution is -0.131. The Morgan fingerprint density at radius 3 is 2.35 bits per heavy atom.